The summed E-state index contributed by atoms with van der Waals surface area (Å²) in [6, 6.07) is 16.5. The van der Waals surface area contributed by atoms with E-state index in [1.807, 2.05) is 18.2 Å². The number of sulfonamides is 1. The number of carbonyl (C=O) groups excluding carboxylic acids is 2. The third-order valence-corrected chi connectivity index (χ3v) is 6.03. The molecule has 0 aliphatic carbocycles. The number of Topliss-reactive ketones (excluding diaryl/α,β-unsaturated/α-hetero) is 1. The summed E-state index contributed by atoms with van der Waals surface area (Å²) in [6.07, 6.45) is 0. The van der Waals surface area contributed by atoms with Gasteiger partial charge in [0.25, 0.3) is 0 Å². The van der Waals surface area contributed by atoms with E-state index in [1.54, 1.807) is 19.1 Å². The zero-order valence-electron chi connectivity index (χ0n) is 17.4. The Balaban J connectivity index is 1.68. The van der Waals surface area contributed by atoms with Gasteiger partial charge in [-0.15, -0.1) is 0 Å². The van der Waals surface area contributed by atoms with E-state index in [1.165, 1.54) is 35.9 Å². The van der Waals surface area contributed by atoms with Crippen LogP contribution in [0.2, 0.25) is 0 Å². The van der Waals surface area contributed by atoms with Crippen molar-refractivity contribution in [1.82, 2.24) is 14.5 Å². The third kappa shape index (κ3) is 5.08. The number of ketones is 1. The Kier molecular flexibility index (Phi) is 6.82. The van der Waals surface area contributed by atoms with Crippen LogP contribution in [0.4, 0.5) is 0 Å². The molecule has 0 saturated heterocycles. The van der Waals surface area contributed by atoms with Crippen LogP contribution >= 0.6 is 0 Å². The summed E-state index contributed by atoms with van der Waals surface area (Å²) in [5.74, 6) is -1.01. The van der Waals surface area contributed by atoms with Crippen molar-refractivity contribution in [3.63, 3.8) is 0 Å². The first-order chi connectivity index (χ1) is 15.2. The number of aryl methyl sites for hydroxylation is 1. The maximum absolute atomic E-state index is 12.4. The number of carbonyl (C=O) groups is 2. The minimum atomic E-state index is -3.97. The molecule has 0 radical (unpaired) electrons. The Bertz CT molecular complexity index is 1290. The highest BCUT2D eigenvalue weighted by atomic mass is 32.2. The molecule has 0 fully saturated rings. The number of hydrogen-bond donors (Lipinski definition) is 1. The second-order valence-corrected chi connectivity index (χ2v) is 8.60. The van der Waals surface area contributed by atoms with Gasteiger partial charge in [-0.25, -0.2) is 13.1 Å². The summed E-state index contributed by atoms with van der Waals surface area (Å²) in [4.78, 5) is 23.4. The van der Waals surface area contributed by atoms with Crippen LogP contribution in [0.25, 0.3) is 5.69 Å². The Morgan fingerprint density at radius 1 is 1.12 bits per heavy atom. The molecule has 0 spiro atoms. The van der Waals surface area contributed by atoms with Crippen molar-refractivity contribution < 1.29 is 22.7 Å². The first-order valence-electron chi connectivity index (χ1n) is 9.53. The average molecular weight is 452 g/mol. The summed E-state index contributed by atoms with van der Waals surface area (Å²) < 4.78 is 33.6. The number of nitrogens with zero attached hydrogens (tertiary/aromatic N) is 3. The van der Waals surface area contributed by atoms with E-state index in [2.05, 4.69) is 15.9 Å². The van der Waals surface area contributed by atoms with Crippen molar-refractivity contribution in [2.24, 2.45) is 0 Å². The predicted octanol–water partition coefficient (Wildman–Crippen LogP) is 2.28. The van der Waals surface area contributed by atoms with Crippen LogP contribution in [0.5, 0.6) is 0 Å². The van der Waals surface area contributed by atoms with Gasteiger partial charge in [0.15, 0.2) is 5.78 Å². The Labute approximate surface area is 185 Å². The first-order valence-corrected chi connectivity index (χ1v) is 11.0. The zero-order valence-corrected chi connectivity index (χ0v) is 18.2. The smallest absolute Gasteiger partial charge is 0.321 e. The number of ether oxygens (including phenoxy) is 1. The molecule has 3 aromatic rings. The van der Waals surface area contributed by atoms with Crippen LogP contribution in [-0.4, -0.2) is 36.5 Å². The van der Waals surface area contributed by atoms with Crippen molar-refractivity contribution >= 4 is 21.8 Å². The van der Waals surface area contributed by atoms with Crippen molar-refractivity contribution in [1.29, 1.82) is 5.26 Å². The lowest BCUT2D eigenvalue weighted by molar-refractivity contribution is -0.143. The van der Waals surface area contributed by atoms with Crippen molar-refractivity contribution in [2.75, 3.05) is 6.54 Å². The first kappa shape index (κ1) is 22.9. The quantitative estimate of drug-likeness (QED) is 0.410. The van der Waals surface area contributed by atoms with Crippen LogP contribution in [0.3, 0.4) is 0 Å². The van der Waals surface area contributed by atoms with Crippen LogP contribution in [0.15, 0.2) is 59.5 Å². The Hall–Kier alpha value is -3.81. The topological polar surface area (TPSA) is 131 Å². The van der Waals surface area contributed by atoms with E-state index in [0.29, 0.717) is 22.6 Å². The number of benzene rings is 2. The normalized spacial score (nSPS) is 11.0. The molecule has 0 aliphatic heterocycles. The molecule has 0 amide bonds. The van der Waals surface area contributed by atoms with E-state index in [9.17, 15) is 23.3 Å². The van der Waals surface area contributed by atoms with E-state index in [4.69, 9.17) is 4.74 Å². The highest BCUT2D eigenvalue weighted by Gasteiger charge is 2.20. The van der Waals surface area contributed by atoms with Gasteiger partial charge in [0.2, 0.25) is 10.0 Å². The molecule has 3 rings (SSSR count). The number of aromatic nitrogens is 2. The molecule has 0 saturated carbocycles. The second-order valence-electron chi connectivity index (χ2n) is 6.83. The number of para-hydroxylation sites is 1. The fraction of sp³-hybridized carbons (Fsp3) is 0.182. The van der Waals surface area contributed by atoms with Crippen LogP contribution in [0.1, 0.15) is 34.2 Å². The van der Waals surface area contributed by atoms with E-state index < -0.39 is 22.5 Å². The predicted molar refractivity (Wildman–Crippen MR) is 114 cm³/mol. The lowest BCUT2D eigenvalue weighted by Crippen LogP contribution is -2.30. The molecule has 164 valence electrons. The minimum absolute atomic E-state index is 0.0835. The van der Waals surface area contributed by atoms with E-state index in [0.717, 1.165) is 0 Å². The molecule has 0 atom stereocenters. The molecule has 9 nitrogen and oxygen atoms in total. The van der Waals surface area contributed by atoms with Gasteiger partial charge in [-0.1, -0.05) is 30.3 Å². The Morgan fingerprint density at radius 2 is 1.78 bits per heavy atom. The highest BCUT2D eigenvalue weighted by Crippen LogP contribution is 2.19. The average Bonchev–Trinajstić information content (AvgIpc) is 3.12. The molecule has 0 bridgehead atoms. The minimum Gasteiger partial charge on any atom is -0.458 e. The van der Waals surface area contributed by atoms with E-state index >= 15 is 0 Å². The molecule has 0 aliphatic rings. The van der Waals surface area contributed by atoms with Crippen LogP contribution in [0, 0.1) is 18.3 Å². The van der Waals surface area contributed by atoms with Gasteiger partial charge in [-0.2, -0.15) is 15.1 Å². The number of rotatable bonds is 8. The summed E-state index contributed by atoms with van der Waals surface area (Å²) in [6.45, 7) is 2.19. The molecule has 10 heteroatoms. The van der Waals surface area contributed by atoms with Crippen molar-refractivity contribution in [3.8, 4) is 11.8 Å². The van der Waals surface area contributed by atoms with Gasteiger partial charge in [0, 0.05) is 5.56 Å². The van der Waals surface area contributed by atoms with Gasteiger partial charge < -0.3 is 4.74 Å². The zero-order chi connectivity index (χ0) is 23.3. The van der Waals surface area contributed by atoms with Gasteiger partial charge in [-0.3, -0.25) is 9.59 Å². The molecule has 0 unspecified atom stereocenters. The fourth-order valence-electron chi connectivity index (χ4n) is 2.94. The van der Waals surface area contributed by atoms with Gasteiger partial charge in [0.1, 0.15) is 24.8 Å². The Morgan fingerprint density at radius 3 is 2.38 bits per heavy atom. The summed E-state index contributed by atoms with van der Waals surface area (Å²) in [7, 11) is -3.97. The maximum atomic E-state index is 12.4. The lowest BCUT2D eigenvalue weighted by Gasteiger charge is -2.10. The molecule has 1 aromatic heterocycles. The molecule has 2 aromatic carbocycles. The van der Waals surface area contributed by atoms with E-state index in [-0.39, 0.29) is 22.8 Å². The SMILES string of the molecule is CC(=O)c1ccc(S(=O)(=O)NCC(=O)OCc2c(C#N)c(C)nn2-c2ccccc2)cc1. The van der Waals surface area contributed by atoms with Crippen molar-refractivity contribution in [2.45, 2.75) is 25.3 Å². The largest absolute Gasteiger partial charge is 0.458 e. The fourth-order valence-corrected chi connectivity index (χ4v) is 3.91. The number of nitriles is 1. The van der Waals surface area contributed by atoms with Gasteiger partial charge in [0.05, 0.1) is 22.0 Å². The molecule has 1 N–H and O–H groups in total. The molecule has 1 heterocycles. The second kappa shape index (κ2) is 9.55. The molecule has 32 heavy (non-hydrogen) atoms. The maximum Gasteiger partial charge on any atom is 0.321 e. The monoisotopic (exact) mass is 452 g/mol. The summed E-state index contributed by atoms with van der Waals surface area (Å²) >= 11 is 0. The standard InChI is InChI=1S/C22H20N4O5S/c1-15-20(12-23)21(26(25-15)18-6-4-3-5-7-18)14-31-22(28)13-24-32(29,30)19-10-8-17(9-11-19)16(2)27/h3-11,24H,13-14H2,1-2H3. The lowest BCUT2D eigenvalue weighted by atomic mass is 10.2. The number of hydrogen-bond acceptors (Lipinski definition) is 7. The van der Waals surface area contributed by atoms with Crippen LogP contribution in [-0.2, 0) is 26.2 Å². The van der Waals surface area contributed by atoms with Crippen molar-refractivity contribution in [3.05, 3.63) is 77.1 Å². The molecular formula is C22H20N4O5S. The van der Waals surface area contributed by atoms with Crippen LogP contribution < -0.4 is 4.72 Å². The third-order valence-electron chi connectivity index (χ3n) is 4.62. The van der Waals surface area contributed by atoms with Gasteiger partial charge in [-0.05, 0) is 38.1 Å². The molecular weight excluding hydrogens is 432 g/mol. The summed E-state index contributed by atoms with van der Waals surface area (Å²) in [5, 5.41) is 13.8. The highest BCUT2D eigenvalue weighted by molar-refractivity contribution is 7.89. The van der Waals surface area contributed by atoms with Gasteiger partial charge >= 0.3 is 5.97 Å². The number of esters is 1. The summed E-state index contributed by atoms with van der Waals surface area (Å²) in [5.41, 5.74) is 2.22. The number of nitrogens with one attached hydrogen (secondary N) is 1.